The highest BCUT2D eigenvalue weighted by Gasteiger charge is 2.43. The van der Waals surface area contributed by atoms with Crippen LogP contribution in [0.4, 0.5) is 5.69 Å². The van der Waals surface area contributed by atoms with Crippen LogP contribution in [0.2, 0.25) is 0 Å². The third kappa shape index (κ3) is 2.85. The summed E-state index contributed by atoms with van der Waals surface area (Å²) in [6, 6.07) is 7.67. The predicted octanol–water partition coefficient (Wildman–Crippen LogP) is 1.76. The van der Waals surface area contributed by atoms with E-state index in [0.29, 0.717) is 17.7 Å². The number of nitrogens with zero attached hydrogens (tertiary/aromatic N) is 1. The Kier molecular flexibility index (Phi) is 3.62. The molecule has 2 fully saturated rings. The van der Waals surface area contributed by atoms with Gasteiger partial charge in [0.25, 0.3) is 0 Å². The molecule has 0 unspecified atom stereocenters. The lowest BCUT2D eigenvalue weighted by Gasteiger charge is -2.52. The summed E-state index contributed by atoms with van der Waals surface area (Å²) in [4.78, 5) is 2.46. The number of ether oxygens (including phenoxy) is 2. The van der Waals surface area contributed by atoms with Crippen LogP contribution in [0.15, 0.2) is 24.3 Å². The van der Waals surface area contributed by atoms with E-state index in [9.17, 15) is 0 Å². The number of para-hydroxylation sites is 2. The predicted molar refractivity (Wildman–Crippen MR) is 75.3 cm³/mol. The average molecular weight is 262 g/mol. The van der Waals surface area contributed by atoms with Crippen LogP contribution in [0.25, 0.3) is 0 Å². The van der Waals surface area contributed by atoms with Crippen molar-refractivity contribution in [2.45, 2.75) is 12.8 Å². The quantitative estimate of drug-likeness (QED) is 0.840. The number of benzene rings is 1. The topological polar surface area (TPSA) is 47.7 Å². The van der Waals surface area contributed by atoms with Crippen molar-refractivity contribution in [3.8, 4) is 5.75 Å². The maximum Gasteiger partial charge on any atom is 0.142 e. The molecule has 0 aromatic heterocycles. The Bertz CT molecular complexity index is 422. The first-order valence-electron chi connectivity index (χ1n) is 7.05. The molecule has 0 atom stereocenters. The van der Waals surface area contributed by atoms with Crippen LogP contribution in [0.3, 0.4) is 0 Å². The molecule has 19 heavy (non-hydrogen) atoms. The zero-order valence-corrected chi connectivity index (χ0v) is 11.3. The molecule has 2 heterocycles. The Labute approximate surface area is 114 Å². The van der Waals surface area contributed by atoms with Crippen molar-refractivity contribution in [3.05, 3.63) is 24.3 Å². The van der Waals surface area contributed by atoms with Crippen molar-refractivity contribution in [1.29, 1.82) is 0 Å². The van der Waals surface area contributed by atoms with Gasteiger partial charge in [-0.3, -0.25) is 4.90 Å². The van der Waals surface area contributed by atoms with Crippen LogP contribution in [-0.4, -0.2) is 44.4 Å². The highest BCUT2D eigenvalue weighted by Crippen LogP contribution is 2.39. The lowest BCUT2D eigenvalue weighted by atomic mass is 9.73. The van der Waals surface area contributed by atoms with E-state index in [-0.39, 0.29) is 0 Å². The molecule has 3 rings (SSSR count). The van der Waals surface area contributed by atoms with E-state index in [2.05, 4.69) is 4.90 Å². The fraction of sp³-hybridized carbons (Fsp3) is 0.600. The Balaban J connectivity index is 1.39. The zero-order chi connectivity index (χ0) is 13.1. The van der Waals surface area contributed by atoms with E-state index in [1.807, 2.05) is 24.3 Å². The third-order valence-corrected chi connectivity index (χ3v) is 4.26. The zero-order valence-electron chi connectivity index (χ0n) is 11.3. The second-order valence-electron chi connectivity index (χ2n) is 5.71. The van der Waals surface area contributed by atoms with Crippen LogP contribution < -0.4 is 10.5 Å². The summed E-state index contributed by atoms with van der Waals surface area (Å²) < 4.78 is 11.2. The summed E-state index contributed by atoms with van der Waals surface area (Å²) in [5, 5.41) is 0. The maximum absolute atomic E-state index is 5.84. The van der Waals surface area contributed by atoms with Crippen molar-refractivity contribution in [2.24, 2.45) is 5.41 Å². The molecule has 1 spiro atoms. The van der Waals surface area contributed by atoms with Crippen molar-refractivity contribution in [1.82, 2.24) is 4.90 Å². The van der Waals surface area contributed by atoms with E-state index in [1.165, 1.54) is 25.9 Å². The van der Waals surface area contributed by atoms with Gasteiger partial charge in [0.2, 0.25) is 0 Å². The largest absolute Gasteiger partial charge is 0.490 e. The lowest BCUT2D eigenvalue weighted by Crippen LogP contribution is -2.59. The van der Waals surface area contributed by atoms with Gasteiger partial charge in [0.05, 0.1) is 5.69 Å². The summed E-state index contributed by atoms with van der Waals surface area (Å²) in [5.74, 6) is 0.795. The number of hydrogen-bond acceptors (Lipinski definition) is 4. The van der Waals surface area contributed by atoms with Crippen molar-refractivity contribution < 1.29 is 9.47 Å². The highest BCUT2D eigenvalue weighted by molar-refractivity contribution is 5.51. The summed E-state index contributed by atoms with van der Waals surface area (Å²) >= 11 is 0. The van der Waals surface area contributed by atoms with E-state index < -0.39 is 0 Å². The Morgan fingerprint density at radius 3 is 2.68 bits per heavy atom. The molecule has 0 bridgehead atoms. The molecule has 2 N–H and O–H groups in total. The molecule has 1 aromatic rings. The SMILES string of the molecule is Nc1ccccc1OCCN1CC2(CCOCC2)C1. The van der Waals surface area contributed by atoms with Crippen LogP contribution >= 0.6 is 0 Å². The fourth-order valence-electron chi connectivity index (χ4n) is 3.08. The number of nitrogens with two attached hydrogens (primary N) is 1. The second-order valence-corrected chi connectivity index (χ2v) is 5.71. The Morgan fingerprint density at radius 1 is 1.21 bits per heavy atom. The Hall–Kier alpha value is -1.26. The number of anilines is 1. The Morgan fingerprint density at radius 2 is 1.95 bits per heavy atom. The van der Waals surface area contributed by atoms with Gasteiger partial charge in [0, 0.05) is 38.3 Å². The van der Waals surface area contributed by atoms with Crippen molar-refractivity contribution in [2.75, 3.05) is 45.2 Å². The molecule has 0 radical (unpaired) electrons. The number of likely N-dealkylation sites (tertiary alicyclic amines) is 1. The number of hydrogen-bond donors (Lipinski definition) is 1. The van der Waals surface area contributed by atoms with Crippen molar-refractivity contribution in [3.63, 3.8) is 0 Å². The van der Waals surface area contributed by atoms with Gasteiger partial charge in [-0.1, -0.05) is 12.1 Å². The second kappa shape index (κ2) is 5.39. The van der Waals surface area contributed by atoms with Crippen LogP contribution in [0, 0.1) is 5.41 Å². The van der Waals surface area contributed by atoms with E-state index in [4.69, 9.17) is 15.2 Å². The van der Waals surface area contributed by atoms with Crippen molar-refractivity contribution >= 4 is 5.69 Å². The van der Waals surface area contributed by atoms with E-state index >= 15 is 0 Å². The lowest BCUT2D eigenvalue weighted by molar-refractivity contribution is -0.0829. The van der Waals surface area contributed by atoms with Crippen LogP contribution in [0.5, 0.6) is 5.75 Å². The van der Waals surface area contributed by atoms with Gasteiger partial charge in [-0.2, -0.15) is 0 Å². The van der Waals surface area contributed by atoms with Gasteiger partial charge >= 0.3 is 0 Å². The normalized spacial score (nSPS) is 22.1. The van der Waals surface area contributed by atoms with Gasteiger partial charge < -0.3 is 15.2 Å². The summed E-state index contributed by atoms with van der Waals surface area (Å²) in [6.45, 7) is 5.96. The minimum absolute atomic E-state index is 0.546. The first-order valence-corrected chi connectivity index (χ1v) is 7.05. The van der Waals surface area contributed by atoms with Gasteiger partial charge in [0.1, 0.15) is 12.4 Å². The highest BCUT2D eigenvalue weighted by atomic mass is 16.5. The molecule has 0 aliphatic carbocycles. The fourth-order valence-corrected chi connectivity index (χ4v) is 3.08. The summed E-state index contributed by atoms with van der Waals surface area (Å²) in [7, 11) is 0. The number of rotatable bonds is 4. The molecule has 0 amide bonds. The maximum atomic E-state index is 5.84. The minimum Gasteiger partial charge on any atom is -0.490 e. The number of nitrogen functional groups attached to an aromatic ring is 1. The first kappa shape index (κ1) is 12.8. The molecular formula is C15H22N2O2. The van der Waals surface area contributed by atoms with Gasteiger partial charge in [-0.25, -0.2) is 0 Å². The molecule has 2 saturated heterocycles. The molecule has 4 nitrogen and oxygen atoms in total. The average Bonchev–Trinajstić information content (AvgIpc) is 2.40. The summed E-state index contributed by atoms with van der Waals surface area (Å²) in [5.41, 5.74) is 7.10. The molecular weight excluding hydrogens is 240 g/mol. The molecule has 104 valence electrons. The van der Waals surface area contributed by atoms with E-state index in [1.54, 1.807) is 0 Å². The smallest absolute Gasteiger partial charge is 0.142 e. The van der Waals surface area contributed by atoms with Gasteiger partial charge in [0.15, 0.2) is 0 Å². The van der Waals surface area contributed by atoms with Gasteiger partial charge in [-0.05, 0) is 25.0 Å². The van der Waals surface area contributed by atoms with Crippen LogP contribution in [0.1, 0.15) is 12.8 Å². The minimum atomic E-state index is 0.546. The van der Waals surface area contributed by atoms with Gasteiger partial charge in [-0.15, -0.1) is 0 Å². The molecule has 2 aliphatic rings. The first-order chi connectivity index (χ1) is 9.27. The standard InChI is InChI=1S/C15H22N2O2/c16-13-3-1-2-4-14(13)19-10-7-17-11-15(12-17)5-8-18-9-6-15/h1-4H,5-12,16H2. The molecule has 0 saturated carbocycles. The molecule has 1 aromatic carbocycles. The molecule has 2 aliphatic heterocycles. The monoisotopic (exact) mass is 262 g/mol. The summed E-state index contributed by atoms with van der Waals surface area (Å²) in [6.07, 6.45) is 2.44. The third-order valence-electron chi connectivity index (χ3n) is 4.26. The van der Waals surface area contributed by atoms with Crippen LogP contribution in [-0.2, 0) is 4.74 Å². The molecule has 4 heteroatoms. The van der Waals surface area contributed by atoms with E-state index in [0.717, 1.165) is 25.5 Å².